The van der Waals surface area contributed by atoms with E-state index in [0.717, 1.165) is 31.5 Å². The molecule has 0 aromatic heterocycles. The summed E-state index contributed by atoms with van der Waals surface area (Å²) in [4.78, 5) is 2.59. The summed E-state index contributed by atoms with van der Waals surface area (Å²) in [5.74, 6) is 0.880. The summed E-state index contributed by atoms with van der Waals surface area (Å²) in [6.45, 7) is 4.74. The summed E-state index contributed by atoms with van der Waals surface area (Å²) in [6.07, 6.45) is 4.49. The molecule has 0 spiro atoms. The molecule has 2 fully saturated rings. The number of hydrogen-bond donors (Lipinski definition) is 1. The van der Waals surface area contributed by atoms with Crippen molar-refractivity contribution in [1.82, 2.24) is 10.2 Å². The minimum Gasteiger partial charge on any atom is -0.315 e. The molecule has 2 rings (SSSR count). The molecule has 2 saturated heterocycles. The van der Waals surface area contributed by atoms with Gasteiger partial charge in [0.1, 0.15) is 0 Å². The number of nitrogens with zero attached hydrogens (tertiary/aromatic N) is 2. The average Bonchev–Trinajstić information content (AvgIpc) is 2.67. The molecule has 0 radical (unpaired) electrons. The molecule has 3 heteroatoms. The van der Waals surface area contributed by atoms with E-state index in [1.165, 1.54) is 25.9 Å². The van der Waals surface area contributed by atoms with E-state index in [1.54, 1.807) is 0 Å². The van der Waals surface area contributed by atoms with Gasteiger partial charge in [-0.1, -0.05) is 0 Å². The molecule has 0 saturated carbocycles. The lowest BCUT2D eigenvalue weighted by Gasteiger charge is -2.36. The monoisotopic (exact) mass is 193 g/mol. The highest BCUT2D eigenvalue weighted by molar-refractivity contribution is 4.92. The van der Waals surface area contributed by atoms with Gasteiger partial charge in [-0.15, -0.1) is 0 Å². The van der Waals surface area contributed by atoms with E-state index < -0.39 is 0 Å². The number of nitriles is 1. The Kier molecular flexibility index (Phi) is 3.39. The van der Waals surface area contributed by atoms with Crippen LogP contribution in [0.15, 0.2) is 0 Å². The summed E-state index contributed by atoms with van der Waals surface area (Å²) in [7, 11) is 0. The van der Waals surface area contributed by atoms with Crippen LogP contribution < -0.4 is 5.32 Å². The molecular formula is C11H19N3. The molecule has 0 amide bonds. The Morgan fingerprint density at radius 1 is 1.43 bits per heavy atom. The van der Waals surface area contributed by atoms with Crippen LogP contribution in [-0.4, -0.2) is 37.1 Å². The van der Waals surface area contributed by atoms with Crippen molar-refractivity contribution in [3.63, 3.8) is 0 Å². The first kappa shape index (κ1) is 9.95. The first-order valence-electron chi connectivity index (χ1n) is 5.73. The van der Waals surface area contributed by atoms with E-state index in [4.69, 9.17) is 5.26 Å². The Balaban J connectivity index is 1.81. The fourth-order valence-electron chi connectivity index (χ4n) is 2.80. The summed E-state index contributed by atoms with van der Waals surface area (Å²) in [6, 6.07) is 2.99. The van der Waals surface area contributed by atoms with Crippen LogP contribution in [0.25, 0.3) is 0 Å². The van der Waals surface area contributed by atoms with Crippen molar-refractivity contribution in [2.24, 2.45) is 5.92 Å². The summed E-state index contributed by atoms with van der Waals surface area (Å²) in [5.41, 5.74) is 0. The van der Waals surface area contributed by atoms with E-state index in [1.807, 2.05) is 0 Å². The molecule has 2 aliphatic rings. The van der Waals surface area contributed by atoms with Crippen molar-refractivity contribution in [1.29, 1.82) is 5.26 Å². The maximum absolute atomic E-state index is 8.50. The summed E-state index contributed by atoms with van der Waals surface area (Å²) >= 11 is 0. The van der Waals surface area contributed by atoms with Crippen molar-refractivity contribution in [2.45, 2.75) is 31.7 Å². The summed E-state index contributed by atoms with van der Waals surface area (Å²) < 4.78 is 0. The minimum atomic E-state index is 0.710. The zero-order valence-corrected chi connectivity index (χ0v) is 8.71. The topological polar surface area (TPSA) is 39.1 Å². The van der Waals surface area contributed by atoms with E-state index in [-0.39, 0.29) is 0 Å². The molecule has 0 aromatic rings. The van der Waals surface area contributed by atoms with Crippen molar-refractivity contribution >= 4 is 0 Å². The second kappa shape index (κ2) is 4.77. The highest BCUT2D eigenvalue weighted by atomic mass is 15.2. The quantitative estimate of drug-likeness (QED) is 0.679. The van der Waals surface area contributed by atoms with Crippen molar-refractivity contribution in [3.05, 3.63) is 0 Å². The second-order valence-corrected chi connectivity index (χ2v) is 4.43. The average molecular weight is 193 g/mol. The predicted molar refractivity (Wildman–Crippen MR) is 55.8 cm³/mol. The highest BCUT2D eigenvalue weighted by Crippen LogP contribution is 2.26. The molecule has 0 aliphatic carbocycles. The standard InChI is InChI=1S/C11H19N3/c12-5-1-2-6-14-7-3-4-10-8-13-9-11(10)14/h10-11,13H,1-4,6-9H2. The molecule has 2 unspecified atom stereocenters. The fourth-order valence-corrected chi connectivity index (χ4v) is 2.80. The maximum Gasteiger partial charge on any atom is 0.0622 e. The molecule has 2 heterocycles. The SMILES string of the molecule is N#CCCCN1CCCC2CNCC21. The van der Waals surface area contributed by atoms with Crippen LogP contribution in [0, 0.1) is 17.2 Å². The van der Waals surface area contributed by atoms with Crippen LogP contribution in [0.4, 0.5) is 0 Å². The Labute approximate surface area is 86.1 Å². The zero-order chi connectivity index (χ0) is 9.80. The number of likely N-dealkylation sites (tertiary alicyclic amines) is 1. The third-order valence-corrected chi connectivity index (χ3v) is 3.53. The molecule has 78 valence electrons. The lowest BCUT2D eigenvalue weighted by atomic mass is 9.92. The van der Waals surface area contributed by atoms with Gasteiger partial charge in [0.25, 0.3) is 0 Å². The normalized spacial score (nSPS) is 32.5. The zero-order valence-electron chi connectivity index (χ0n) is 8.71. The summed E-state index contributed by atoms with van der Waals surface area (Å²) in [5, 5.41) is 12.0. The Morgan fingerprint density at radius 3 is 3.21 bits per heavy atom. The van der Waals surface area contributed by atoms with Crippen LogP contribution in [0.1, 0.15) is 25.7 Å². The molecule has 2 aliphatic heterocycles. The lowest BCUT2D eigenvalue weighted by Crippen LogP contribution is -2.45. The van der Waals surface area contributed by atoms with Gasteiger partial charge < -0.3 is 5.32 Å². The minimum absolute atomic E-state index is 0.710. The molecule has 14 heavy (non-hydrogen) atoms. The van der Waals surface area contributed by atoms with Gasteiger partial charge in [0.05, 0.1) is 6.07 Å². The highest BCUT2D eigenvalue weighted by Gasteiger charge is 2.34. The molecule has 0 aromatic carbocycles. The maximum atomic E-state index is 8.50. The number of hydrogen-bond acceptors (Lipinski definition) is 3. The predicted octanol–water partition coefficient (Wildman–Crippen LogP) is 0.974. The first-order valence-corrected chi connectivity index (χ1v) is 5.73. The van der Waals surface area contributed by atoms with Crippen molar-refractivity contribution in [2.75, 3.05) is 26.2 Å². The van der Waals surface area contributed by atoms with Gasteiger partial charge in [-0.25, -0.2) is 0 Å². The van der Waals surface area contributed by atoms with Crippen LogP contribution >= 0.6 is 0 Å². The van der Waals surface area contributed by atoms with Gasteiger partial charge >= 0.3 is 0 Å². The number of fused-ring (bicyclic) bond motifs is 1. The fraction of sp³-hybridized carbons (Fsp3) is 0.909. The largest absolute Gasteiger partial charge is 0.315 e. The smallest absolute Gasteiger partial charge is 0.0622 e. The van der Waals surface area contributed by atoms with E-state index in [0.29, 0.717) is 6.42 Å². The molecular weight excluding hydrogens is 174 g/mol. The van der Waals surface area contributed by atoms with Crippen molar-refractivity contribution < 1.29 is 0 Å². The Hall–Kier alpha value is -0.590. The molecule has 3 nitrogen and oxygen atoms in total. The molecule has 0 bridgehead atoms. The van der Waals surface area contributed by atoms with E-state index in [9.17, 15) is 0 Å². The Bertz CT molecular complexity index is 221. The van der Waals surface area contributed by atoms with Gasteiger partial charge in [-0.3, -0.25) is 4.90 Å². The Morgan fingerprint density at radius 2 is 2.36 bits per heavy atom. The van der Waals surface area contributed by atoms with Gasteiger partial charge in [0.2, 0.25) is 0 Å². The number of unbranched alkanes of at least 4 members (excludes halogenated alkanes) is 1. The van der Waals surface area contributed by atoms with Gasteiger partial charge in [0, 0.05) is 19.0 Å². The number of rotatable bonds is 3. The van der Waals surface area contributed by atoms with Crippen LogP contribution in [0.3, 0.4) is 0 Å². The van der Waals surface area contributed by atoms with Crippen LogP contribution in [-0.2, 0) is 0 Å². The van der Waals surface area contributed by atoms with Crippen LogP contribution in [0.2, 0.25) is 0 Å². The van der Waals surface area contributed by atoms with Crippen LogP contribution in [0.5, 0.6) is 0 Å². The molecule has 1 N–H and O–H groups in total. The van der Waals surface area contributed by atoms with Crippen molar-refractivity contribution in [3.8, 4) is 6.07 Å². The second-order valence-electron chi connectivity index (χ2n) is 4.43. The van der Waals surface area contributed by atoms with Gasteiger partial charge in [-0.2, -0.15) is 5.26 Å². The third-order valence-electron chi connectivity index (χ3n) is 3.53. The molecule has 2 atom stereocenters. The third kappa shape index (κ3) is 2.08. The van der Waals surface area contributed by atoms with Gasteiger partial charge in [0.15, 0.2) is 0 Å². The first-order chi connectivity index (χ1) is 6.92. The van der Waals surface area contributed by atoms with E-state index in [2.05, 4.69) is 16.3 Å². The van der Waals surface area contributed by atoms with Gasteiger partial charge in [-0.05, 0) is 44.8 Å². The van der Waals surface area contributed by atoms with E-state index >= 15 is 0 Å². The lowest BCUT2D eigenvalue weighted by molar-refractivity contribution is 0.124. The number of nitrogens with one attached hydrogen (secondary N) is 1. The number of piperidine rings is 1.